The Kier molecular flexibility index (Phi) is 2.62. The molecule has 0 radical (unpaired) electrons. The molecule has 0 amide bonds. The van der Waals surface area contributed by atoms with Crippen LogP contribution in [-0.2, 0) is 0 Å². The molecule has 0 bridgehead atoms. The summed E-state index contributed by atoms with van der Waals surface area (Å²) in [5.74, 6) is 0.818. The van der Waals surface area contributed by atoms with Crippen molar-refractivity contribution >= 4 is 11.6 Å². The molecule has 100 valence electrons. The van der Waals surface area contributed by atoms with E-state index in [0.29, 0.717) is 6.04 Å². The number of hydrogen-bond acceptors (Lipinski definition) is 4. The van der Waals surface area contributed by atoms with E-state index in [-0.39, 0.29) is 0 Å². The summed E-state index contributed by atoms with van der Waals surface area (Å²) in [6.07, 6.45) is 11.8. The van der Waals surface area contributed by atoms with Gasteiger partial charge >= 0.3 is 0 Å². The van der Waals surface area contributed by atoms with Crippen LogP contribution in [0.5, 0.6) is 0 Å². The average molecular weight is 265 g/mol. The highest BCUT2D eigenvalue weighted by atomic mass is 15.3. The number of pyridine rings is 1. The van der Waals surface area contributed by atoms with Gasteiger partial charge in [-0.25, -0.2) is 15.0 Å². The summed E-state index contributed by atoms with van der Waals surface area (Å²) in [5.41, 5.74) is 2.27. The van der Waals surface area contributed by atoms with Crippen molar-refractivity contribution in [1.29, 1.82) is 0 Å². The summed E-state index contributed by atoms with van der Waals surface area (Å²) in [7, 11) is 0. The Balaban J connectivity index is 1.72. The largest absolute Gasteiger partial charge is 0.334 e. The Morgan fingerprint density at radius 2 is 1.95 bits per heavy atom. The van der Waals surface area contributed by atoms with Crippen LogP contribution >= 0.6 is 0 Å². The highest BCUT2D eigenvalue weighted by Crippen LogP contribution is 2.34. The van der Waals surface area contributed by atoms with Crippen LogP contribution in [0, 0.1) is 0 Å². The second kappa shape index (κ2) is 4.59. The zero-order valence-corrected chi connectivity index (χ0v) is 11.1. The maximum Gasteiger partial charge on any atom is 0.225 e. The van der Waals surface area contributed by atoms with Gasteiger partial charge in [-0.15, -0.1) is 0 Å². The number of anilines is 1. The molecule has 0 unspecified atom stereocenters. The van der Waals surface area contributed by atoms with Gasteiger partial charge < -0.3 is 9.30 Å². The van der Waals surface area contributed by atoms with E-state index in [1.165, 1.54) is 12.0 Å². The third-order valence-corrected chi connectivity index (χ3v) is 3.87. The van der Waals surface area contributed by atoms with Crippen molar-refractivity contribution in [2.75, 3.05) is 11.4 Å². The topological polar surface area (TPSA) is 46.3 Å². The molecule has 5 nitrogen and oxygen atoms in total. The van der Waals surface area contributed by atoms with Crippen molar-refractivity contribution in [2.45, 2.75) is 18.9 Å². The fourth-order valence-electron chi connectivity index (χ4n) is 2.93. The summed E-state index contributed by atoms with van der Waals surface area (Å²) in [6.45, 7) is 1.01. The molecule has 1 aliphatic rings. The molecule has 1 aliphatic heterocycles. The first-order chi connectivity index (χ1) is 9.92. The number of fused-ring (bicyclic) bond motifs is 1. The van der Waals surface area contributed by atoms with Gasteiger partial charge in [0.05, 0.1) is 6.04 Å². The summed E-state index contributed by atoms with van der Waals surface area (Å²) in [6, 6.07) is 6.52. The fourth-order valence-corrected chi connectivity index (χ4v) is 2.93. The van der Waals surface area contributed by atoms with E-state index in [1.807, 2.05) is 22.9 Å². The van der Waals surface area contributed by atoms with Crippen LogP contribution in [0.25, 0.3) is 5.65 Å². The summed E-state index contributed by atoms with van der Waals surface area (Å²) in [4.78, 5) is 15.4. The second-order valence-electron chi connectivity index (χ2n) is 5.05. The number of imidazole rings is 1. The SMILES string of the molecule is c1cnc(N2CCC[C@@H]2c2ccn3ccnc3c2)nc1. The van der Waals surface area contributed by atoms with E-state index in [1.54, 1.807) is 12.4 Å². The number of aromatic nitrogens is 4. The highest BCUT2D eigenvalue weighted by molar-refractivity contribution is 5.46. The van der Waals surface area contributed by atoms with Crippen LogP contribution in [0.1, 0.15) is 24.4 Å². The van der Waals surface area contributed by atoms with Gasteiger partial charge in [-0.05, 0) is 36.6 Å². The summed E-state index contributed by atoms with van der Waals surface area (Å²) in [5, 5.41) is 0. The second-order valence-corrected chi connectivity index (χ2v) is 5.05. The maximum absolute atomic E-state index is 4.38. The first-order valence-electron chi connectivity index (χ1n) is 6.88. The number of rotatable bonds is 2. The first-order valence-corrected chi connectivity index (χ1v) is 6.88. The molecule has 0 aliphatic carbocycles. The molecule has 4 heterocycles. The van der Waals surface area contributed by atoms with Gasteiger partial charge in [0.1, 0.15) is 5.65 Å². The number of hydrogen-bond donors (Lipinski definition) is 0. The molecule has 5 heteroatoms. The molecule has 0 spiro atoms. The minimum Gasteiger partial charge on any atom is -0.334 e. The van der Waals surface area contributed by atoms with Gasteiger partial charge in [0.2, 0.25) is 5.95 Å². The van der Waals surface area contributed by atoms with Crippen LogP contribution in [0.15, 0.2) is 49.2 Å². The third-order valence-electron chi connectivity index (χ3n) is 3.87. The van der Waals surface area contributed by atoms with E-state index < -0.39 is 0 Å². The van der Waals surface area contributed by atoms with Crippen LogP contribution in [0.3, 0.4) is 0 Å². The van der Waals surface area contributed by atoms with Crippen molar-refractivity contribution in [1.82, 2.24) is 19.4 Å². The third kappa shape index (κ3) is 1.82. The number of nitrogens with zero attached hydrogens (tertiary/aromatic N) is 5. The zero-order valence-electron chi connectivity index (χ0n) is 11.1. The van der Waals surface area contributed by atoms with E-state index in [9.17, 15) is 0 Å². The van der Waals surface area contributed by atoms with Gasteiger partial charge in [-0.2, -0.15) is 0 Å². The van der Waals surface area contributed by atoms with Crippen LogP contribution in [0.4, 0.5) is 5.95 Å². The maximum atomic E-state index is 4.38. The molecule has 4 rings (SSSR count). The minimum absolute atomic E-state index is 0.346. The first kappa shape index (κ1) is 11.4. The molecule has 0 saturated carbocycles. The van der Waals surface area contributed by atoms with E-state index in [0.717, 1.165) is 24.6 Å². The molecular formula is C15H15N5. The van der Waals surface area contributed by atoms with Gasteiger partial charge in [-0.3, -0.25) is 0 Å². The molecule has 3 aromatic rings. The molecule has 1 saturated heterocycles. The Morgan fingerprint density at radius 3 is 2.85 bits per heavy atom. The molecule has 1 fully saturated rings. The van der Waals surface area contributed by atoms with Crippen molar-refractivity contribution in [3.63, 3.8) is 0 Å². The molecule has 0 aromatic carbocycles. The van der Waals surface area contributed by atoms with Crippen molar-refractivity contribution in [3.05, 3.63) is 54.7 Å². The van der Waals surface area contributed by atoms with Crippen LogP contribution < -0.4 is 4.90 Å². The lowest BCUT2D eigenvalue weighted by Crippen LogP contribution is -2.24. The normalized spacial score (nSPS) is 18.8. The van der Waals surface area contributed by atoms with Crippen molar-refractivity contribution in [2.24, 2.45) is 0 Å². The fraction of sp³-hybridized carbons (Fsp3) is 0.267. The van der Waals surface area contributed by atoms with Gasteiger partial charge in [0.15, 0.2) is 0 Å². The predicted molar refractivity (Wildman–Crippen MR) is 76.5 cm³/mol. The van der Waals surface area contributed by atoms with E-state index in [2.05, 4.69) is 38.2 Å². The average Bonchev–Trinajstić information content (AvgIpc) is 3.16. The lowest BCUT2D eigenvalue weighted by molar-refractivity contribution is 0.701. The lowest BCUT2D eigenvalue weighted by atomic mass is 10.1. The Morgan fingerprint density at radius 1 is 1.05 bits per heavy atom. The van der Waals surface area contributed by atoms with Crippen molar-refractivity contribution in [3.8, 4) is 0 Å². The smallest absolute Gasteiger partial charge is 0.225 e. The Bertz CT molecular complexity index is 721. The van der Waals surface area contributed by atoms with Crippen LogP contribution in [0.2, 0.25) is 0 Å². The molecule has 1 atom stereocenters. The van der Waals surface area contributed by atoms with Gasteiger partial charge in [0, 0.05) is 37.5 Å². The highest BCUT2D eigenvalue weighted by Gasteiger charge is 2.28. The quantitative estimate of drug-likeness (QED) is 0.714. The standard InChI is InChI=1S/C15H15N5/c1-3-13(20(8-1)15-17-5-2-6-18-15)12-4-9-19-10-7-16-14(19)11-12/h2,4-7,9-11,13H,1,3,8H2/t13-/m1/s1. The van der Waals surface area contributed by atoms with E-state index in [4.69, 9.17) is 0 Å². The van der Waals surface area contributed by atoms with Crippen LogP contribution in [-0.4, -0.2) is 25.9 Å². The molecule has 20 heavy (non-hydrogen) atoms. The molecular weight excluding hydrogens is 250 g/mol. The molecule has 3 aromatic heterocycles. The zero-order chi connectivity index (χ0) is 13.4. The van der Waals surface area contributed by atoms with Crippen molar-refractivity contribution < 1.29 is 0 Å². The Hall–Kier alpha value is -2.43. The lowest BCUT2D eigenvalue weighted by Gasteiger charge is -2.24. The monoisotopic (exact) mass is 265 g/mol. The summed E-state index contributed by atoms with van der Waals surface area (Å²) >= 11 is 0. The van der Waals surface area contributed by atoms with E-state index >= 15 is 0 Å². The molecule has 0 N–H and O–H groups in total. The summed E-state index contributed by atoms with van der Waals surface area (Å²) < 4.78 is 2.03. The van der Waals surface area contributed by atoms with Gasteiger partial charge in [-0.1, -0.05) is 0 Å². The van der Waals surface area contributed by atoms with Gasteiger partial charge in [0.25, 0.3) is 0 Å². The predicted octanol–water partition coefficient (Wildman–Crippen LogP) is 2.47. The Labute approximate surface area is 116 Å². The minimum atomic E-state index is 0.346.